The van der Waals surface area contributed by atoms with Crippen LogP contribution >= 0.6 is 0 Å². The van der Waals surface area contributed by atoms with Crippen LogP contribution in [-0.4, -0.2) is 36.5 Å². The molecule has 0 aromatic rings. The van der Waals surface area contributed by atoms with Gasteiger partial charge in [-0.2, -0.15) is 0 Å². The van der Waals surface area contributed by atoms with Gasteiger partial charge in [0, 0.05) is 19.1 Å². The van der Waals surface area contributed by atoms with Crippen molar-refractivity contribution in [2.24, 2.45) is 5.92 Å². The minimum atomic E-state index is 0.305. The Morgan fingerprint density at radius 3 is 2.65 bits per heavy atom. The van der Waals surface area contributed by atoms with E-state index >= 15 is 0 Å². The highest BCUT2D eigenvalue weighted by Crippen LogP contribution is 2.22. The van der Waals surface area contributed by atoms with Gasteiger partial charge in [-0.25, -0.2) is 0 Å². The lowest BCUT2D eigenvalue weighted by Crippen LogP contribution is -2.40. The molecule has 1 saturated carbocycles. The third-order valence-electron chi connectivity index (χ3n) is 4.26. The molecule has 3 heteroatoms. The third-order valence-corrected chi connectivity index (χ3v) is 4.26. The Kier molecular flexibility index (Phi) is 4.84. The molecule has 2 atom stereocenters. The van der Waals surface area contributed by atoms with E-state index in [2.05, 4.69) is 12.2 Å². The standard InChI is InChI=1S/C14H26N2O/c1-12-5-4-6-13(8-7-12)15-11-14(17)16-9-2-3-10-16/h12-13,15H,2-11H2,1H3. The van der Waals surface area contributed by atoms with E-state index in [4.69, 9.17) is 0 Å². The molecule has 2 rings (SSSR count). The number of hydrogen-bond donors (Lipinski definition) is 1. The summed E-state index contributed by atoms with van der Waals surface area (Å²) in [7, 11) is 0. The van der Waals surface area contributed by atoms with Crippen LogP contribution < -0.4 is 5.32 Å². The maximum Gasteiger partial charge on any atom is 0.236 e. The van der Waals surface area contributed by atoms with Crippen molar-refractivity contribution in [3.63, 3.8) is 0 Å². The van der Waals surface area contributed by atoms with Gasteiger partial charge in [0.15, 0.2) is 0 Å². The zero-order chi connectivity index (χ0) is 12.1. The van der Waals surface area contributed by atoms with Crippen LogP contribution in [0.25, 0.3) is 0 Å². The molecule has 17 heavy (non-hydrogen) atoms. The van der Waals surface area contributed by atoms with Crippen LogP contribution in [0.4, 0.5) is 0 Å². The van der Waals surface area contributed by atoms with Crippen molar-refractivity contribution in [3.05, 3.63) is 0 Å². The molecule has 2 aliphatic rings. The highest BCUT2D eigenvalue weighted by Gasteiger charge is 2.20. The fraction of sp³-hybridized carbons (Fsp3) is 0.929. The van der Waals surface area contributed by atoms with Gasteiger partial charge in [0.1, 0.15) is 0 Å². The van der Waals surface area contributed by atoms with Gasteiger partial charge in [-0.3, -0.25) is 4.79 Å². The quantitative estimate of drug-likeness (QED) is 0.764. The maximum atomic E-state index is 11.9. The molecule has 1 saturated heterocycles. The van der Waals surface area contributed by atoms with E-state index in [0.717, 1.165) is 19.0 Å². The lowest BCUT2D eigenvalue weighted by atomic mass is 10.0. The fourth-order valence-electron chi connectivity index (χ4n) is 3.00. The molecule has 0 aromatic carbocycles. The lowest BCUT2D eigenvalue weighted by molar-refractivity contribution is -0.129. The normalized spacial score (nSPS) is 30.3. The Morgan fingerprint density at radius 2 is 1.88 bits per heavy atom. The summed E-state index contributed by atoms with van der Waals surface area (Å²) in [5.74, 6) is 1.18. The van der Waals surface area contributed by atoms with E-state index in [1.165, 1.54) is 44.9 Å². The minimum absolute atomic E-state index is 0.305. The van der Waals surface area contributed by atoms with Crippen LogP contribution in [0.15, 0.2) is 0 Å². The number of carbonyl (C=O) groups excluding carboxylic acids is 1. The smallest absolute Gasteiger partial charge is 0.236 e. The number of rotatable bonds is 3. The van der Waals surface area contributed by atoms with E-state index < -0.39 is 0 Å². The van der Waals surface area contributed by atoms with E-state index in [1.54, 1.807) is 0 Å². The van der Waals surface area contributed by atoms with Crippen molar-refractivity contribution in [3.8, 4) is 0 Å². The van der Waals surface area contributed by atoms with Gasteiger partial charge in [0.05, 0.1) is 6.54 Å². The summed E-state index contributed by atoms with van der Waals surface area (Å²) in [6, 6.07) is 0.575. The van der Waals surface area contributed by atoms with E-state index in [0.29, 0.717) is 18.5 Å². The molecule has 1 N–H and O–H groups in total. The molecule has 1 aliphatic heterocycles. The second-order valence-corrected chi connectivity index (χ2v) is 5.78. The van der Waals surface area contributed by atoms with Crippen LogP contribution in [0.3, 0.4) is 0 Å². The Morgan fingerprint density at radius 1 is 1.12 bits per heavy atom. The number of nitrogens with zero attached hydrogens (tertiary/aromatic N) is 1. The summed E-state index contributed by atoms with van der Waals surface area (Å²) in [5.41, 5.74) is 0. The molecular formula is C14H26N2O. The summed E-state index contributed by atoms with van der Waals surface area (Å²) < 4.78 is 0. The van der Waals surface area contributed by atoms with Crippen LogP contribution in [0, 0.1) is 5.92 Å². The number of nitrogens with one attached hydrogen (secondary N) is 1. The number of likely N-dealkylation sites (tertiary alicyclic amines) is 1. The third kappa shape index (κ3) is 3.98. The number of hydrogen-bond acceptors (Lipinski definition) is 2. The summed E-state index contributed by atoms with van der Waals surface area (Å²) in [4.78, 5) is 13.9. The van der Waals surface area contributed by atoms with E-state index in [9.17, 15) is 4.79 Å². The molecule has 98 valence electrons. The van der Waals surface area contributed by atoms with Crippen molar-refractivity contribution in [1.29, 1.82) is 0 Å². The van der Waals surface area contributed by atoms with Crippen molar-refractivity contribution < 1.29 is 4.79 Å². The molecule has 0 aromatic heterocycles. The summed E-state index contributed by atoms with van der Waals surface area (Å²) >= 11 is 0. The topological polar surface area (TPSA) is 32.3 Å². The first-order chi connectivity index (χ1) is 8.25. The zero-order valence-electron chi connectivity index (χ0n) is 11.1. The first-order valence-corrected chi connectivity index (χ1v) is 7.27. The highest BCUT2D eigenvalue weighted by atomic mass is 16.2. The molecule has 0 spiro atoms. The van der Waals surface area contributed by atoms with Crippen molar-refractivity contribution in [2.75, 3.05) is 19.6 Å². The SMILES string of the molecule is CC1CCCC(NCC(=O)N2CCCC2)CC1. The summed E-state index contributed by atoms with van der Waals surface area (Å²) in [5, 5.41) is 3.47. The van der Waals surface area contributed by atoms with Gasteiger partial charge >= 0.3 is 0 Å². The van der Waals surface area contributed by atoms with Crippen LogP contribution in [0.2, 0.25) is 0 Å². The van der Waals surface area contributed by atoms with Crippen molar-refractivity contribution >= 4 is 5.91 Å². The molecule has 1 amide bonds. The first kappa shape index (κ1) is 12.9. The van der Waals surface area contributed by atoms with Gasteiger partial charge in [-0.15, -0.1) is 0 Å². The molecule has 2 unspecified atom stereocenters. The van der Waals surface area contributed by atoms with Crippen LogP contribution in [0.5, 0.6) is 0 Å². The summed E-state index contributed by atoms with van der Waals surface area (Å²) in [6.07, 6.45) is 8.86. The monoisotopic (exact) mass is 238 g/mol. The van der Waals surface area contributed by atoms with Gasteiger partial charge in [0.2, 0.25) is 5.91 Å². The molecule has 2 fully saturated rings. The van der Waals surface area contributed by atoms with Crippen molar-refractivity contribution in [2.45, 2.75) is 57.9 Å². The molecule has 1 aliphatic carbocycles. The number of amides is 1. The molecule has 0 bridgehead atoms. The van der Waals surface area contributed by atoms with Crippen LogP contribution in [0.1, 0.15) is 51.9 Å². The largest absolute Gasteiger partial charge is 0.342 e. The molecule has 1 heterocycles. The lowest BCUT2D eigenvalue weighted by Gasteiger charge is -2.20. The second kappa shape index (κ2) is 6.39. The van der Waals surface area contributed by atoms with E-state index in [-0.39, 0.29) is 0 Å². The fourth-order valence-corrected chi connectivity index (χ4v) is 3.00. The van der Waals surface area contributed by atoms with Gasteiger partial charge < -0.3 is 10.2 Å². The Balaban J connectivity index is 1.68. The second-order valence-electron chi connectivity index (χ2n) is 5.78. The van der Waals surface area contributed by atoms with Crippen LogP contribution in [-0.2, 0) is 4.79 Å². The first-order valence-electron chi connectivity index (χ1n) is 7.27. The Bertz CT molecular complexity index is 249. The molecular weight excluding hydrogens is 212 g/mol. The molecule has 3 nitrogen and oxygen atoms in total. The zero-order valence-corrected chi connectivity index (χ0v) is 11.1. The average molecular weight is 238 g/mol. The average Bonchev–Trinajstić information content (AvgIpc) is 2.78. The molecule has 0 radical (unpaired) electrons. The van der Waals surface area contributed by atoms with Gasteiger partial charge in [-0.1, -0.05) is 19.8 Å². The Hall–Kier alpha value is -0.570. The minimum Gasteiger partial charge on any atom is -0.342 e. The highest BCUT2D eigenvalue weighted by molar-refractivity contribution is 5.78. The summed E-state index contributed by atoms with van der Waals surface area (Å²) in [6.45, 7) is 4.85. The van der Waals surface area contributed by atoms with Crippen molar-refractivity contribution in [1.82, 2.24) is 10.2 Å². The number of carbonyl (C=O) groups is 1. The van der Waals surface area contributed by atoms with Gasteiger partial charge in [0.25, 0.3) is 0 Å². The predicted molar refractivity (Wildman–Crippen MR) is 69.9 cm³/mol. The maximum absolute atomic E-state index is 11.9. The van der Waals surface area contributed by atoms with Gasteiger partial charge in [-0.05, 0) is 38.0 Å². The predicted octanol–water partition coefficient (Wildman–Crippen LogP) is 2.17. The van der Waals surface area contributed by atoms with E-state index in [1.807, 2.05) is 4.90 Å². The Labute approximate surface area is 105 Å².